The van der Waals surface area contributed by atoms with E-state index in [1.165, 1.54) is 36.9 Å². The number of hydrogen-bond acceptors (Lipinski definition) is 3. The maximum absolute atomic E-state index is 5.32. The van der Waals surface area contributed by atoms with Crippen LogP contribution < -0.4 is 9.54 Å². The number of ether oxygens (including phenoxy) is 1. The molecule has 0 spiro atoms. The van der Waals surface area contributed by atoms with Crippen molar-refractivity contribution in [2.24, 2.45) is 4.99 Å². The number of hydrogen-bond donors (Lipinski definition) is 0. The standard InChI is InChI=1S/C24H26N2OS/c1-27-22-14-12-20(13-15-22)23-18-28-24(25-21-10-6-3-7-11-21)26(23)17-16-19-8-4-2-5-9-19/h3,6-8,10-15,18H,2,4-5,9,16-17H2,1H3. The van der Waals surface area contributed by atoms with Gasteiger partial charge in [-0.25, -0.2) is 4.99 Å². The van der Waals surface area contributed by atoms with Crippen molar-refractivity contribution in [1.29, 1.82) is 0 Å². The number of allylic oxidation sites excluding steroid dienone is 2. The molecule has 1 aliphatic rings. The minimum atomic E-state index is 0.882. The van der Waals surface area contributed by atoms with Crippen molar-refractivity contribution in [1.82, 2.24) is 4.57 Å². The zero-order chi connectivity index (χ0) is 19.2. The van der Waals surface area contributed by atoms with Crippen LogP contribution in [0.1, 0.15) is 32.1 Å². The molecule has 4 heteroatoms. The molecule has 0 aliphatic heterocycles. The minimum Gasteiger partial charge on any atom is -0.497 e. The Balaban J connectivity index is 1.70. The molecule has 0 bridgehead atoms. The number of aromatic nitrogens is 1. The Morgan fingerprint density at radius 1 is 1.04 bits per heavy atom. The summed E-state index contributed by atoms with van der Waals surface area (Å²) in [6, 6.07) is 18.5. The summed E-state index contributed by atoms with van der Waals surface area (Å²) >= 11 is 1.71. The molecule has 144 valence electrons. The molecule has 0 unspecified atom stereocenters. The van der Waals surface area contributed by atoms with E-state index >= 15 is 0 Å². The van der Waals surface area contributed by atoms with E-state index in [0.29, 0.717) is 0 Å². The van der Waals surface area contributed by atoms with E-state index in [2.05, 4.69) is 40.3 Å². The fourth-order valence-electron chi connectivity index (χ4n) is 3.63. The summed E-state index contributed by atoms with van der Waals surface area (Å²) < 4.78 is 7.69. The van der Waals surface area contributed by atoms with Gasteiger partial charge in [-0.15, -0.1) is 11.3 Å². The average Bonchev–Trinajstić information content (AvgIpc) is 3.16. The van der Waals surface area contributed by atoms with Crippen LogP contribution in [0.4, 0.5) is 5.69 Å². The smallest absolute Gasteiger partial charge is 0.190 e. The van der Waals surface area contributed by atoms with Crippen LogP contribution in [0, 0.1) is 0 Å². The number of thiazole rings is 1. The summed E-state index contributed by atoms with van der Waals surface area (Å²) in [6.07, 6.45) is 8.68. The molecule has 0 atom stereocenters. The molecule has 3 aromatic rings. The SMILES string of the molecule is COc1ccc(-c2csc(=Nc3ccccc3)n2CCC2=CCCCC2)cc1. The molecule has 1 aliphatic carbocycles. The summed E-state index contributed by atoms with van der Waals surface area (Å²) in [5.41, 5.74) is 5.01. The van der Waals surface area contributed by atoms with Gasteiger partial charge in [-0.1, -0.05) is 29.8 Å². The van der Waals surface area contributed by atoms with Gasteiger partial charge in [-0.2, -0.15) is 0 Å². The Labute approximate surface area is 170 Å². The van der Waals surface area contributed by atoms with Crippen LogP contribution in [0.5, 0.6) is 5.75 Å². The van der Waals surface area contributed by atoms with Gasteiger partial charge in [0.1, 0.15) is 5.75 Å². The Kier molecular flexibility index (Phi) is 6.07. The third-order valence-corrected chi connectivity index (χ3v) is 6.07. The Morgan fingerprint density at radius 3 is 2.57 bits per heavy atom. The van der Waals surface area contributed by atoms with Crippen LogP contribution in [0.15, 0.2) is 76.6 Å². The minimum absolute atomic E-state index is 0.882. The van der Waals surface area contributed by atoms with Gasteiger partial charge in [0.25, 0.3) is 0 Å². The number of methoxy groups -OCH3 is 1. The molecular weight excluding hydrogens is 364 g/mol. The van der Waals surface area contributed by atoms with Gasteiger partial charge in [0.2, 0.25) is 0 Å². The van der Waals surface area contributed by atoms with Gasteiger partial charge in [0.05, 0.1) is 18.5 Å². The number of benzene rings is 2. The van der Waals surface area contributed by atoms with Gasteiger partial charge in [0.15, 0.2) is 4.80 Å². The quantitative estimate of drug-likeness (QED) is 0.451. The summed E-state index contributed by atoms with van der Waals surface area (Å²) in [5.74, 6) is 0.882. The summed E-state index contributed by atoms with van der Waals surface area (Å²) in [6.45, 7) is 0.961. The van der Waals surface area contributed by atoms with Crippen LogP contribution in [0.3, 0.4) is 0 Å². The van der Waals surface area contributed by atoms with Crippen molar-refractivity contribution in [2.45, 2.75) is 38.6 Å². The van der Waals surface area contributed by atoms with Crippen molar-refractivity contribution in [3.8, 4) is 17.0 Å². The molecule has 4 rings (SSSR count). The molecule has 0 saturated carbocycles. The first-order chi connectivity index (χ1) is 13.8. The largest absolute Gasteiger partial charge is 0.497 e. The van der Waals surface area contributed by atoms with Crippen molar-refractivity contribution in [3.63, 3.8) is 0 Å². The van der Waals surface area contributed by atoms with E-state index in [4.69, 9.17) is 9.73 Å². The lowest BCUT2D eigenvalue weighted by molar-refractivity contribution is 0.415. The molecule has 3 nitrogen and oxygen atoms in total. The third-order valence-electron chi connectivity index (χ3n) is 5.21. The lowest BCUT2D eigenvalue weighted by Crippen LogP contribution is -2.16. The molecule has 0 fully saturated rings. The fraction of sp³-hybridized carbons (Fsp3) is 0.292. The second kappa shape index (κ2) is 9.07. The van der Waals surface area contributed by atoms with E-state index in [1.54, 1.807) is 24.0 Å². The lowest BCUT2D eigenvalue weighted by atomic mass is 9.97. The molecule has 1 heterocycles. The van der Waals surface area contributed by atoms with Gasteiger partial charge in [0, 0.05) is 11.9 Å². The number of rotatable bonds is 6. The summed E-state index contributed by atoms with van der Waals surface area (Å²) in [7, 11) is 1.70. The highest BCUT2D eigenvalue weighted by molar-refractivity contribution is 7.07. The van der Waals surface area contributed by atoms with Crippen LogP contribution in [0.25, 0.3) is 11.3 Å². The van der Waals surface area contributed by atoms with Crippen molar-refractivity contribution < 1.29 is 4.74 Å². The van der Waals surface area contributed by atoms with Gasteiger partial charge in [-0.3, -0.25) is 0 Å². The second-order valence-electron chi connectivity index (χ2n) is 7.09. The molecule has 0 saturated heterocycles. The van der Waals surface area contributed by atoms with Crippen LogP contribution in [-0.4, -0.2) is 11.7 Å². The maximum atomic E-state index is 5.32. The van der Waals surface area contributed by atoms with Gasteiger partial charge in [-0.05, 0) is 74.1 Å². The Hall–Kier alpha value is -2.59. The lowest BCUT2D eigenvalue weighted by Gasteiger charge is -2.15. The van der Waals surface area contributed by atoms with Gasteiger partial charge < -0.3 is 9.30 Å². The van der Waals surface area contributed by atoms with Crippen molar-refractivity contribution >= 4 is 17.0 Å². The normalized spacial score (nSPS) is 14.8. The van der Waals surface area contributed by atoms with E-state index in [1.807, 2.05) is 30.3 Å². The number of para-hydroxylation sites is 1. The maximum Gasteiger partial charge on any atom is 0.190 e. The topological polar surface area (TPSA) is 26.5 Å². The summed E-state index contributed by atoms with van der Waals surface area (Å²) in [5, 5.41) is 2.22. The van der Waals surface area contributed by atoms with Crippen LogP contribution in [-0.2, 0) is 6.54 Å². The zero-order valence-electron chi connectivity index (χ0n) is 16.3. The molecule has 2 aromatic carbocycles. The van der Waals surface area contributed by atoms with E-state index in [-0.39, 0.29) is 0 Å². The highest BCUT2D eigenvalue weighted by Crippen LogP contribution is 2.26. The highest BCUT2D eigenvalue weighted by atomic mass is 32.1. The molecule has 28 heavy (non-hydrogen) atoms. The molecule has 0 N–H and O–H groups in total. The van der Waals surface area contributed by atoms with Crippen LogP contribution in [0.2, 0.25) is 0 Å². The first-order valence-corrected chi connectivity index (χ1v) is 10.8. The van der Waals surface area contributed by atoms with Crippen molar-refractivity contribution in [2.75, 3.05) is 7.11 Å². The highest BCUT2D eigenvalue weighted by Gasteiger charge is 2.11. The Bertz CT molecular complexity index is 997. The van der Waals surface area contributed by atoms with E-state index in [9.17, 15) is 0 Å². The van der Waals surface area contributed by atoms with Gasteiger partial charge >= 0.3 is 0 Å². The summed E-state index contributed by atoms with van der Waals surface area (Å²) in [4.78, 5) is 5.97. The molecular formula is C24H26N2OS. The second-order valence-corrected chi connectivity index (χ2v) is 7.93. The third kappa shape index (κ3) is 4.45. The zero-order valence-corrected chi connectivity index (χ0v) is 17.1. The Morgan fingerprint density at radius 2 is 1.86 bits per heavy atom. The predicted molar refractivity (Wildman–Crippen MR) is 117 cm³/mol. The van der Waals surface area contributed by atoms with Crippen molar-refractivity contribution in [3.05, 3.63) is 76.4 Å². The predicted octanol–water partition coefficient (Wildman–Crippen LogP) is 6.35. The average molecular weight is 391 g/mol. The van der Waals surface area contributed by atoms with E-state index in [0.717, 1.165) is 29.2 Å². The molecule has 1 aromatic heterocycles. The van der Waals surface area contributed by atoms with E-state index < -0.39 is 0 Å². The first-order valence-electron chi connectivity index (χ1n) is 9.94. The molecule has 0 radical (unpaired) electrons. The fourth-order valence-corrected chi connectivity index (χ4v) is 4.58. The number of nitrogens with zero attached hydrogens (tertiary/aromatic N) is 2. The van der Waals surface area contributed by atoms with Crippen LogP contribution >= 0.6 is 11.3 Å². The monoisotopic (exact) mass is 390 g/mol. The molecule has 0 amide bonds. The first kappa shape index (κ1) is 18.8.